The summed E-state index contributed by atoms with van der Waals surface area (Å²) in [6.45, 7) is 3.60. The minimum absolute atomic E-state index is 0.257. The first-order valence-corrected chi connectivity index (χ1v) is 6.60. The Morgan fingerprint density at radius 1 is 1.16 bits per heavy atom. The Morgan fingerprint density at radius 2 is 1.89 bits per heavy atom. The van der Waals surface area contributed by atoms with Crippen molar-refractivity contribution in [2.75, 3.05) is 5.32 Å². The molecule has 98 valence electrons. The van der Waals surface area contributed by atoms with Crippen molar-refractivity contribution in [1.82, 2.24) is 0 Å². The van der Waals surface area contributed by atoms with Gasteiger partial charge in [-0.1, -0.05) is 6.07 Å². The molecule has 0 atom stereocenters. The summed E-state index contributed by atoms with van der Waals surface area (Å²) >= 11 is 3.40. The van der Waals surface area contributed by atoms with Crippen LogP contribution in [0.25, 0.3) is 0 Å². The number of benzene rings is 2. The molecule has 0 bridgehead atoms. The molecule has 1 amide bonds. The SMILES string of the molecule is Cc1ccc(NC(=O)c2ccc(F)c(C)c2)c(Br)c1. The second kappa shape index (κ2) is 5.53. The third-order valence-electron chi connectivity index (χ3n) is 2.79. The maximum Gasteiger partial charge on any atom is 0.255 e. The number of aryl methyl sites for hydroxylation is 2. The molecule has 0 unspecified atom stereocenters. The summed E-state index contributed by atoms with van der Waals surface area (Å²) in [6, 6.07) is 9.97. The van der Waals surface area contributed by atoms with Gasteiger partial charge in [-0.15, -0.1) is 0 Å². The number of nitrogens with one attached hydrogen (secondary N) is 1. The summed E-state index contributed by atoms with van der Waals surface area (Å²) in [7, 11) is 0. The van der Waals surface area contributed by atoms with Crippen LogP contribution < -0.4 is 5.32 Å². The Bertz CT molecular complexity index is 640. The van der Waals surface area contributed by atoms with Crippen molar-refractivity contribution in [2.24, 2.45) is 0 Å². The van der Waals surface area contributed by atoms with Gasteiger partial charge in [-0.05, 0) is 71.2 Å². The predicted molar refractivity (Wildman–Crippen MR) is 78.0 cm³/mol. The Morgan fingerprint density at radius 3 is 2.53 bits per heavy atom. The van der Waals surface area contributed by atoms with Gasteiger partial charge < -0.3 is 5.32 Å². The van der Waals surface area contributed by atoms with E-state index in [-0.39, 0.29) is 11.7 Å². The van der Waals surface area contributed by atoms with Gasteiger partial charge in [0, 0.05) is 10.0 Å². The summed E-state index contributed by atoms with van der Waals surface area (Å²) < 4.78 is 14.0. The topological polar surface area (TPSA) is 29.1 Å². The van der Waals surface area contributed by atoms with Gasteiger partial charge in [0.15, 0.2) is 0 Å². The van der Waals surface area contributed by atoms with Gasteiger partial charge in [0.1, 0.15) is 5.82 Å². The van der Waals surface area contributed by atoms with Crippen molar-refractivity contribution in [2.45, 2.75) is 13.8 Å². The van der Waals surface area contributed by atoms with E-state index < -0.39 is 0 Å². The summed E-state index contributed by atoms with van der Waals surface area (Å²) in [5.74, 6) is -0.569. The van der Waals surface area contributed by atoms with Gasteiger partial charge in [-0.3, -0.25) is 4.79 Å². The third-order valence-corrected chi connectivity index (χ3v) is 3.45. The van der Waals surface area contributed by atoms with E-state index in [0.717, 1.165) is 10.0 Å². The zero-order chi connectivity index (χ0) is 14.0. The second-order valence-corrected chi connectivity index (χ2v) is 5.26. The normalized spacial score (nSPS) is 10.3. The molecule has 0 saturated carbocycles. The van der Waals surface area contributed by atoms with Crippen LogP contribution in [0.5, 0.6) is 0 Å². The molecule has 2 nitrogen and oxygen atoms in total. The van der Waals surface area contributed by atoms with Crippen molar-refractivity contribution < 1.29 is 9.18 Å². The van der Waals surface area contributed by atoms with Crippen molar-refractivity contribution in [3.8, 4) is 0 Å². The van der Waals surface area contributed by atoms with Gasteiger partial charge in [-0.2, -0.15) is 0 Å². The van der Waals surface area contributed by atoms with Crippen molar-refractivity contribution in [3.05, 3.63) is 63.4 Å². The predicted octanol–water partition coefficient (Wildman–Crippen LogP) is 4.46. The first kappa shape index (κ1) is 13.7. The van der Waals surface area contributed by atoms with Gasteiger partial charge >= 0.3 is 0 Å². The van der Waals surface area contributed by atoms with Crippen molar-refractivity contribution in [1.29, 1.82) is 0 Å². The second-order valence-electron chi connectivity index (χ2n) is 4.40. The molecular formula is C15H13BrFNO. The standard InChI is InChI=1S/C15H13BrFNO/c1-9-3-6-14(12(16)7-9)18-15(19)11-4-5-13(17)10(2)8-11/h3-8H,1-2H3,(H,18,19). The number of anilines is 1. The van der Waals surface area contributed by atoms with E-state index in [1.165, 1.54) is 18.2 Å². The summed E-state index contributed by atoms with van der Waals surface area (Å²) in [5.41, 5.74) is 2.68. The van der Waals surface area contributed by atoms with Gasteiger partial charge in [0.2, 0.25) is 0 Å². The first-order valence-electron chi connectivity index (χ1n) is 5.81. The number of hydrogen-bond donors (Lipinski definition) is 1. The molecule has 2 aromatic rings. The molecule has 0 aromatic heterocycles. The highest BCUT2D eigenvalue weighted by Gasteiger charge is 2.09. The van der Waals surface area contributed by atoms with Crippen LogP contribution in [0.4, 0.5) is 10.1 Å². The van der Waals surface area contributed by atoms with Crippen LogP contribution in [0.2, 0.25) is 0 Å². The fraction of sp³-hybridized carbons (Fsp3) is 0.133. The maximum absolute atomic E-state index is 13.2. The van der Waals surface area contributed by atoms with Crippen LogP contribution in [0.15, 0.2) is 40.9 Å². The van der Waals surface area contributed by atoms with Crippen LogP contribution in [-0.4, -0.2) is 5.91 Å². The molecule has 0 radical (unpaired) electrons. The molecule has 0 spiro atoms. The lowest BCUT2D eigenvalue weighted by atomic mass is 10.1. The third kappa shape index (κ3) is 3.20. The van der Waals surface area contributed by atoms with Crippen molar-refractivity contribution in [3.63, 3.8) is 0 Å². The Kier molecular flexibility index (Phi) is 4.00. The highest BCUT2D eigenvalue weighted by molar-refractivity contribution is 9.10. The van der Waals surface area contributed by atoms with E-state index in [9.17, 15) is 9.18 Å². The fourth-order valence-corrected chi connectivity index (χ4v) is 2.29. The molecule has 0 saturated heterocycles. The van der Waals surface area contributed by atoms with Gasteiger partial charge in [0.25, 0.3) is 5.91 Å². The smallest absolute Gasteiger partial charge is 0.255 e. The molecule has 4 heteroatoms. The fourth-order valence-electron chi connectivity index (χ4n) is 1.70. The number of hydrogen-bond acceptors (Lipinski definition) is 1. The van der Waals surface area contributed by atoms with E-state index in [4.69, 9.17) is 0 Å². The molecule has 1 N–H and O–H groups in total. The number of carbonyl (C=O) groups is 1. The molecule has 19 heavy (non-hydrogen) atoms. The summed E-state index contributed by atoms with van der Waals surface area (Å²) in [5, 5.41) is 2.79. The highest BCUT2D eigenvalue weighted by atomic mass is 79.9. The lowest BCUT2D eigenvalue weighted by Crippen LogP contribution is -2.12. The van der Waals surface area contributed by atoms with E-state index in [2.05, 4.69) is 21.2 Å². The average Bonchev–Trinajstić information content (AvgIpc) is 2.36. The zero-order valence-corrected chi connectivity index (χ0v) is 12.2. The first-order chi connectivity index (χ1) is 8.97. The molecule has 0 fully saturated rings. The monoisotopic (exact) mass is 321 g/mol. The summed E-state index contributed by atoms with van der Waals surface area (Å²) in [6.07, 6.45) is 0. The Labute approximate surface area is 119 Å². The largest absolute Gasteiger partial charge is 0.321 e. The molecule has 2 aromatic carbocycles. The zero-order valence-electron chi connectivity index (χ0n) is 10.6. The average molecular weight is 322 g/mol. The number of halogens is 2. The van der Waals surface area contributed by atoms with E-state index in [1.807, 2.05) is 25.1 Å². The maximum atomic E-state index is 13.2. The Balaban J connectivity index is 2.23. The lowest BCUT2D eigenvalue weighted by molar-refractivity contribution is 0.102. The van der Waals surface area contributed by atoms with Gasteiger partial charge in [-0.25, -0.2) is 4.39 Å². The Hall–Kier alpha value is -1.68. The molecular weight excluding hydrogens is 309 g/mol. The van der Waals surface area contributed by atoms with E-state index in [0.29, 0.717) is 16.8 Å². The van der Waals surface area contributed by atoms with Crippen LogP contribution in [0, 0.1) is 19.7 Å². The lowest BCUT2D eigenvalue weighted by Gasteiger charge is -2.09. The number of rotatable bonds is 2. The minimum Gasteiger partial charge on any atom is -0.321 e. The quantitative estimate of drug-likeness (QED) is 0.869. The molecule has 0 aliphatic heterocycles. The molecule has 0 aliphatic carbocycles. The van der Waals surface area contributed by atoms with Crippen molar-refractivity contribution >= 4 is 27.5 Å². The number of carbonyl (C=O) groups excluding carboxylic acids is 1. The van der Waals surface area contributed by atoms with Crippen LogP contribution in [0.1, 0.15) is 21.5 Å². The molecule has 0 heterocycles. The molecule has 2 rings (SSSR count). The van der Waals surface area contributed by atoms with Gasteiger partial charge in [0.05, 0.1) is 5.69 Å². The highest BCUT2D eigenvalue weighted by Crippen LogP contribution is 2.24. The van der Waals surface area contributed by atoms with Crippen LogP contribution in [0.3, 0.4) is 0 Å². The number of amides is 1. The minimum atomic E-state index is -0.312. The van der Waals surface area contributed by atoms with Crippen LogP contribution >= 0.6 is 15.9 Å². The van der Waals surface area contributed by atoms with E-state index in [1.54, 1.807) is 6.92 Å². The summed E-state index contributed by atoms with van der Waals surface area (Å²) in [4.78, 5) is 12.1. The molecule has 0 aliphatic rings. The van der Waals surface area contributed by atoms with E-state index >= 15 is 0 Å². The van der Waals surface area contributed by atoms with Crippen LogP contribution in [-0.2, 0) is 0 Å².